The first-order valence-electron chi connectivity index (χ1n) is 8.14. The first-order chi connectivity index (χ1) is 10.0. The van der Waals surface area contributed by atoms with Gasteiger partial charge in [-0.25, -0.2) is 0 Å². The minimum atomic E-state index is -0.466. The summed E-state index contributed by atoms with van der Waals surface area (Å²) in [6.07, 6.45) is 4.28. The van der Waals surface area contributed by atoms with E-state index in [9.17, 15) is 5.11 Å². The molecule has 2 N–H and O–H groups in total. The van der Waals surface area contributed by atoms with Crippen LogP contribution in [0.4, 0.5) is 0 Å². The summed E-state index contributed by atoms with van der Waals surface area (Å²) in [5.74, 6) is 0.842. The molecule has 1 aromatic rings. The van der Waals surface area contributed by atoms with Gasteiger partial charge in [0.05, 0.1) is 0 Å². The second-order valence-electron chi connectivity index (χ2n) is 6.81. The Labute approximate surface area is 128 Å². The van der Waals surface area contributed by atoms with Crippen LogP contribution in [0.1, 0.15) is 45.6 Å². The molecule has 2 rings (SSSR count). The van der Waals surface area contributed by atoms with Gasteiger partial charge in [0.2, 0.25) is 0 Å². The molecule has 3 nitrogen and oxygen atoms in total. The van der Waals surface area contributed by atoms with Gasteiger partial charge >= 0.3 is 0 Å². The van der Waals surface area contributed by atoms with E-state index in [0.29, 0.717) is 24.6 Å². The molecule has 1 aliphatic rings. The van der Waals surface area contributed by atoms with Crippen LogP contribution in [0, 0.1) is 5.41 Å². The smallest absolute Gasteiger partial charge is 0.119 e. The van der Waals surface area contributed by atoms with Gasteiger partial charge in [0.15, 0.2) is 0 Å². The summed E-state index contributed by atoms with van der Waals surface area (Å²) in [5, 5.41) is 13.6. The maximum atomic E-state index is 10.1. The van der Waals surface area contributed by atoms with Crippen LogP contribution in [0.2, 0.25) is 0 Å². The molecule has 1 aromatic carbocycles. The van der Waals surface area contributed by atoms with Crippen molar-refractivity contribution < 1.29 is 9.84 Å². The minimum absolute atomic E-state index is 0.341. The van der Waals surface area contributed by atoms with E-state index in [4.69, 9.17) is 4.74 Å². The predicted octanol–water partition coefficient (Wildman–Crippen LogP) is 3.16. The summed E-state index contributed by atoms with van der Waals surface area (Å²) in [5.41, 5.74) is 1.60. The molecule has 0 aromatic heterocycles. The molecule has 0 bridgehead atoms. The van der Waals surface area contributed by atoms with Crippen molar-refractivity contribution in [2.75, 3.05) is 13.2 Å². The lowest BCUT2D eigenvalue weighted by molar-refractivity contribution is 0.0985. The van der Waals surface area contributed by atoms with Crippen LogP contribution in [0.5, 0.6) is 5.75 Å². The van der Waals surface area contributed by atoms with E-state index in [0.717, 1.165) is 12.2 Å². The molecule has 1 fully saturated rings. The van der Waals surface area contributed by atoms with Crippen LogP contribution < -0.4 is 10.1 Å². The number of ether oxygens (including phenoxy) is 1. The van der Waals surface area contributed by atoms with Crippen LogP contribution in [-0.2, 0) is 6.42 Å². The minimum Gasteiger partial charge on any atom is -0.491 e. The standard InChI is InChI=1S/C18H29NO2/c1-4-14-7-5-8-16(11-14)21-13-15(20)12-19-17-9-6-10-18(17,2)3/h5,7-8,11,15,17,19-20H,4,6,9-10,12-13H2,1-3H3. The molecule has 1 aliphatic carbocycles. The maximum absolute atomic E-state index is 10.1. The lowest BCUT2D eigenvalue weighted by atomic mass is 9.87. The van der Waals surface area contributed by atoms with Crippen LogP contribution in [-0.4, -0.2) is 30.4 Å². The Bertz CT molecular complexity index is 445. The number of rotatable bonds is 7. The average Bonchev–Trinajstić information content (AvgIpc) is 2.82. The fourth-order valence-electron chi connectivity index (χ4n) is 3.09. The zero-order valence-electron chi connectivity index (χ0n) is 13.6. The number of aliphatic hydroxyl groups is 1. The number of benzene rings is 1. The molecule has 1 saturated carbocycles. The Kier molecular flexibility index (Phi) is 5.65. The fraction of sp³-hybridized carbons (Fsp3) is 0.667. The third kappa shape index (κ3) is 4.72. The van der Waals surface area contributed by atoms with Gasteiger partial charge in [-0.2, -0.15) is 0 Å². The van der Waals surface area contributed by atoms with Gasteiger partial charge in [-0.3, -0.25) is 0 Å². The Morgan fingerprint density at radius 1 is 1.43 bits per heavy atom. The highest BCUT2D eigenvalue weighted by Crippen LogP contribution is 2.37. The largest absolute Gasteiger partial charge is 0.491 e. The molecule has 0 aliphatic heterocycles. The van der Waals surface area contributed by atoms with Crippen molar-refractivity contribution in [3.63, 3.8) is 0 Å². The highest BCUT2D eigenvalue weighted by atomic mass is 16.5. The molecular formula is C18H29NO2. The van der Waals surface area contributed by atoms with Gasteiger partial charge < -0.3 is 15.2 Å². The van der Waals surface area contributed by atoms with Gasteiger partial charge in [-0.15, -0.1) is 0 Å². The average molecular weight is 291 g/mol. The van der Waals surface area contributed by atoms with Crippen LogP contribution in [0.15, 0.2) is 24.3 Å². The van der Waals surface area contributed by atoms with E-state index in [1.165, 1.54) is 24.8 Å². The predicted molar refractivity (Wildman–Crippen MR) is 86.7 cm³/mol. The summed E-state index contributed by atoms with van der Waals surface area (Å²) < 4.78 is 5.69. The summed E-state index contributed by atoms with van der Waals surface area (Å²) in [4.78, 5) is 0. The Morgan fingerprint density at radius 3 is 2.90 bits per heavy atom. The molecule has 2 atom stereocenters. The number of nitrogens with one attached hydrogen (secondary N) is 1. The Balaban J connectivity index is 1.73. The zero-order chi connectivity index (χ0) is 15.3. The van der Waals surface area contributed by atoms with Gasteiger partial charge in [0, 0.05) is 12.6 Å². The van der Waals surface area contributed by atoms with E-state index < -0.39 is 6.10 Å². The third-order valence-corrected chi connectivity index (χ3v) is 4.61. The molecular weight excluding hydrogens is 262 g/mol. The van der Waals surface area contributed by atoms with Crippen LogP contribution in [0.25, 0.3) is 0 Å². The highest BCUT2D eigenvalue weighted by molar-refractivity contribution is 5.28. The van der Waals surface area contributed by atoms with Crippen molar-refractivity contribution in [3.8, 4) is 5.75 Å². The summed E-state index contributed by atoms with van der Waals surface area (Å²) in [6, 6.07) is 8.59. The molecule has 0 radical (unpaired) electrons. The molecule has 3 heteroatoms. The summed E-state index contributed by atoms with van der Waals surface area (Å²) in [6.45, 7) is 7.67. The number of hydrogen-bond acceptors (Lipinski definition) is 3. The quantitative estimate of drug-likeness (QED) is 0.811. The monoisotopic (exact) mass is 291 g/mol. The van der Waals surface area contributed by atoms with E-state index >= 15 is 0 Å². The summed E-state index contributed by atoms with van der Waals surface area (Å²) in [7, 11) is 0. The first kappa shape index (κ1) is 16.3. The highest BCUT2D eigenvalue weighted by Gasteiger charge is 2.34. The molecule has 0 spiro atoms. The van der Waals surface area contributed by atoms with Gasteiger partial charge in [-0.1, -0.05) is 39.3 Å². The first-order valence-corrected chi connectivity index (χ1v) is 8.14. The molecule has 2 unspecified atom stereocenters. The lowest BCUT2D eigenvalue weighted by Crippen LogP contribution is -2.43. The normalized spacial score (nSPS) is 22.2. The van der Waals surface area contributed by atoms with Crippen molar-refractivity contribution in [2.45, 2.75) is 58.6 Å². The summed E-state index contributed by atoms with van der Waals surface area (Å²) >= 11 is 0. The third-order valence-electron chi connectivity index (χ3n) is 4.61. The van der Waals surface area contributed by atoms with E-state index in [1.807, 2.05) is 18.2 Å². The Hall–Kier alpha value is -1.06. The van der Waals surface area contributed by atoms with Crippen LogP contribution in [0.3, 0.4) is 0 Å². The number of hydrogen-bond donors (Lipinski definition) is 2. The maximum Gasteiger partial charge on any atom is 0.119 e. The van der Waals surface area contributed by atoms with E-state index in [1.54, 1.807) is 0 Å². The molecule has 0 heterocycles. The Morgan fingerprint density at radius 2 is 2.24 bits per heavy atom. The topological polar surface area (TPSA) is 41.5 Å². The second-order valence-corrected chi connectivity index (χ2v) is 6.81. The molecule has 21 heavy (non-hydrogen) atoms. The fourth-order valence-corrected chi connectivity index (χ4v) is 3.09. The van der Waals surface area contributed by atoms with Crippen molar-refractivity contribution >= 4 is 0 Å². The van der Waals surface area contributed by atoms with Gasteiger partial charge in [-0.05, 0) is 42.4 Å². The van der Waals surface area contributed by atoms with Crippen molar-refractivity contribution in [1.29, 1.82) is 0 Å². The SMILES string of the molecule is CCc1cccc(OCC(O)CNC2CCCC2(C)C)c1. The lowest BCUT2D eigenvalue weighted by Gasteiger charge is -2.28. The second kappa shape index (κ2) is 7.28. The molecule has 0 amide bonds. The number of aliphatic hydroxyl groups excluding tert-OH is 1. The molecule has 118 valence electrons. The van der Waals surface area contributed by atoms with Crippen molar-refractivity contribution in [1.82, 2.24) is 5.32 Å². The molecule has 0 saturated heterocycles. The number of aryl methyl sites for hydroxylation is 1. The van der Waals surface area contributed by atoms with Crippen LogP contribution >= 0.6 is 0 Å². The van der Waals surface area contributed by atoms with Crippen molar-refractivity contribution in [3.05, 3.63) is 29.8 Å². The van der Waals surface area contributed by atoms with Gasteiger partial charge in [0.25, 0.3) is 0 Å². The van der Waals surface area contributed by atoms with Gasteiger partial charge in [0.1, 0.15) is 18.5 Å². The van der Waals surface area contributed by atoms with E-state index in [2.05, 4.69) is 32.2 Å². The van der Waals surface area contributed by atoms with Crippen molar-refractivity contribution in [2.24, 2.45) is 5.41 Å². The van der Waals surface area contributed by atoms with E-state index in [-0.39, 0.29) is 0 Å². The zero-order valence-corrected chi connectivity index (χ0v) is 13.6.